The molecule has 3 nitrogen and oxygen atoms in total. The molecule has 25 heavy (non-hydrogen) atoms. The van der Waals surface area contributed by atoms with E-state index in [0.717, 1.165) is 25.7 Å². The van der Waals surface area contributed by atoms with Gasteiger partial charge in [-0.05, 0) is 92.6 Å². The number of rotatable bonds is 2. The van der Waals surface area contributed by atoms with Crippen LogP contribution in [-0.2, 0) is 9.59 Å². The summed E-state index contributed by atoms with van der Waals surface area (Å²) in [5.41, 5.74) is 7.86. The number of Topliss-reactive ketones (excluding diaryl/α,β-unsaturated/α-hetero) is 1. The SMILES string of the molecule is CC(=O)[C@H]1C(CN)C[C@H]2[C@@H]3CCC4=CC(=O)CC[C@]4(C)[C@H]3CC[C@]12C. The van der Waals surface area contributed by atoms with E-state index in [1.54, 1.807) is 6.92 Å². The lowest BCUT2D eigenvalue weighted by atomic mass is 9.46. The summed E-state index contributed by atoms with van der Waals surface area (Å²) in [6.07, 6.45) is 9.48. The normalized spacial score (nSPS) is 49.0. The molecule has 1 unspecified atom stereocenters. The molecule has 0 spiro atoms. The second-order valence-electron chi connectivity index (χ2n) is 9.83. The van der Waals surface area contributed by atoms with Crippen LogP contribution in [0.5, 0.6) is 0 Å². The van der Waals surface area contributed by atoms with E-state index in [0.29, 0.717) is 48.2 Å². The van der Waals surface area contributed by atoms with Crippen molar-refractivity contribution < 1.29 is 9.59 Å². The maximum absolute atomic E-state index is 12.5. The van der Waals surface area contributed by atoms with Gasteiger partial charge in [0.1, 0.15) is 5.78 Å². The lowest BCUT2D eigenvalue weighted by molar-refractivity contribution is -0.129. The Bertz CT molecular complexity index is 638. The number of carbonyl (C=O) groups is 2. The molecule has 4 aliphatic carbocycles. The molecule has 2 N–H and O–H groups in total. The Morgan fingerprint density at radius 3 is 2.64 bits per heavy atom. The van der Waals surface area contributed by atoms with Gasteiger partial charge in [-0.25, -0.2) is 0 Å². The van der Waals surface area contributed by atoms with Gasteiger partial charge in [-0.15, -0.1) is 0 Å². The zero-order valence-corrected chi connectivity index (χ0v) is 16.0. The summed E-state index contributed by atoms with van der Waals surface area (Å²) >= 11 is 0. The van der Waals surface area contributed by atoms with Crippen LogP contribution in [0.2, 0.25) is 0 Å². The van der Waals surface area contributed by atoms with Gasteiger partial charge in [0.05, 0.1) is 0 Å². The molecule has 3 heteroatoms. The second-order valence-corrected chi connectivity index (χ2v) is 9.83. The van der Waals surface area contributed by atoms with Crippen LogP contribution in [0.15, 0.2) is 11.6 Å². The van der Waals surface area contributed by atoms with Crippen LogP contribution >= 0.6 is 0 Å². The van der Waals surface area contributed by atoms with Gasteiger partial charge < -0.3 is 5.73 Å². The quantitative estimate of drug-likeness (QED) is 0.827. The Morgan fingerprint density at radius 2 is 1.96 bits per heavy atom. The van der Waals surface area contributed by atoms with Crippen molar-refractivity contribution in [3.05, 3.63) is 11.6 Å². The number of hydrogen-bond acceptors (Lipinski definition) is 3. The first-order valence-corrected chi connectivity index (χ1v) is 10.3. The second kappa shape index (κ2) is 5.77. The first-order valence-electron chi connectivity index (χ1n) is 10.3. The summed E-state index contributed by atoms with van der Waals surface area (Å²) in [4.78, 5) is 24.4. The molecule has 0 radical (unpaired) electrons. The molecule has 0 saturated heterocycles. The van der Waals surface area contributed by atoms with E-state index in [-0.39, 0.29) is 16.7 Å². The minimum absolute atomic E-state index is 0.138. The average molecular weight is 344 g/mol. The molecule has 0 aliphatic heterocycles. The van der Waals surface area contributed by atoms with Gasteiger partial charge in [-0.3, -0.25) is 9.59 Å². The predicted molar refractivity (Wildman–Crippen MR) is 98.8 cm³/mol. The van der Waals surface area contributed by atoms with Crippen molar-refractivity contribution in [1.29, 1.82) is 0 Å². The summed E-state index contributed by atoms with van der Waals surface area (Å²) in [6.45, 7) is 7.23. The Balaban J connectivity index is 1.69. The molecular formula is C22H33NO2. The molecule has 7 atom stereocenters. The minimum atomic E-state index is 0.138. The standard InChI is InChI=1S/C22H33NO2/c1-13(24)20-14(12-23)10-19-17-5-4-15-11-16(25)6-8-21(15,2)18(17)7-9-22(19,20)3/h11,14,17-20H,4-10,12,23H2,1-3H3/t14?,17-,18+,19+,20+,21+,22+/m1/s1. The van der Waals surface area contributed by atoms with Gasteiger partial charge in [0.2, 0.25) is 0 Å². The van der Waals surface area contributed by atoms with Crippen molar-refractivity contribution in [1.82, 2.24) is 0 Å². The number of hydrogen-bond donors (Lipinski definition) is 1. The third-order valence-corrected chi connectivity index (χ3v) is 8.88. The van der Waals surface area contributed by atoms with Crippen molar-refractivity contribution in [3.63, 3.8) is 0 Å². The van der Waals surface area contributed by atoms with Gasteiger partial charge in [-0.2, -0.15) is 0 Å². The maximum Gasteiger partial charge on any atom is 0.155 e. The highest BCUT2D eigenvalue weighted by atomic mass is 16.1. The summed E-state index contributed by atoms with van der Waals surface area (Å²) < 4.78 is 0. The van der Waals surface area contributed by atoms with Gasteiger partial charge in [-0.1, -0.05) is 19.4 Å². The third kappa shape index (κ3) is 2.34. The fourth-order valence-electron chi connectivity index (χ4n) is 7.77. The molecule has 0 aromatic rings. The highest BCUT2D eigenvalue weighted by Gasteiger charge is 2.61. The van der Waals surface area contributed by atoms with Crippen LogP contribution in [0.1, 0.15) is 65.7 Å². The van der Waals surface area contributed by atoms with Crippen LogP contribution in [0.3, 0.4) is 0 Å². The van der Waals surface area contributed by atoms with E-state index < -0.39 is 0 Å². The van der Waals surface area contributed by atoms with Crippen molar-refractivity contribution in [2.75, 3.05) is 6.54 Å². The topological polar surface area (TPSA) is 60.2 Å². The maximum atomic E-state index is 12.5. The molecule has 0 aromatic carbocycles. The Labute approximate surface area is 151 Å². The van der Waals surface area contributed by atoms with Crippen molar-refractivity contribution in [2.24, 2.45) is 46.2 Å². The number of nitrogens with two attached hydrogens (primary N) is 1. The minimum Gasteiger partial charge on any atom is -0.330 e. The zero-order chi connectivity index (χ0) is 18.0. The molecule has 4 rings (SSSR count). The van der Waals surface area contributed by atoms with Gasteiger partial charge >= 0.3 is 0 Å². The summed E-state index contributed by atoms with van der Waals surface area (Å²) in [5, 5.41) is 0. The molecule has 3 saturated carbocycles. The first kappa shape index (κ1) is 17.5. The smallest absolute Gasteiger partial charge is 0.155 e. The van der Waals surface area contributed by atoms with E-state index in [4.69, 9.17) is 5.73 Å². The van der Waals surface area contributed by atoms with E-state index >= 15 is 0 Å². The number of carbonyl (C=O) groups excluding carboxylic acids is 2. The lowest BCUT2D eigenvalue weighted by Crippen LogP contribution is -2.51. The van der Waals surface area contributed by atoms with E-state index in [9.17, 15) is 9.59 Å². The van der Waals surface area contributed by atoms with Crippen LogP contribution in [0.25, 0.3) is 0 Å². The highest BCUT2D eigenvalue weighted by Crippen LogP contribution is 2.67. The van der Waals surface area contributed by atoms with Gasteiger partial charge in [0.15, 0.2) is 5.78 Å². The summed E-state index contributed by atoms with van der Waals surface area (Å²) in [6, 6.07) is 0. The van der Waals surface area contributed by atoms with Crippen molar-refractivity contribution >= 4 is 11.6 Å². The first-order chi connectivity index (χ1) is 11.8. The van der Waals surface area contributed by atoms with E-state index in [1.807, 2.05) is 6.08 Å². The Morgan fingerprint density at radius 1 is 1.20 bits per heavy atom. The van der Waals surface area contributed by atoms with Gasteiger partial charge in [0, 0.05) is 12.3 Å². The van der Waals surface area contributed by atoms with Crippen LogP contribution in [-0.4, -0.2) is 18.1 Å². The van der Waals surface area contributed by atoms with Crippen LogP contribution < -0.4 is 5.73 Å². The van der Waals surface area contributed by atoms with E-state index in [2.05, 4.69) is 13.8 Å². The fraction of sp³-hybridized carbons (Fsp3) is 0.818. The van der Waals surface area contributed by atoms with Gasteiger partial charge in [0.25, 0.3) is 0 Å². The molecule has 3 fully saturated rings. The van der Waals surface area contributed by atoms with Crippen molar-refractivity contribution in [3.8, 4) is 0 Å². The molecule has 0 bridgehead atoms. The number of ketones is 2. The zero-order valence-electron chi connectivity index (χ0n) is 16.0. The largest absolute Gasteiger partial charge is 0.330 e. The molecule has 0 aromatic heterocycles. The Kier molecular flexibility index (Phi) is 4.03. The lowest BCUT2D eigenvalue weighted by Gasteiger charge is -2.58. The van der Waals surface area contributed by atoms with E-state index in [1.165, 1.54) is 18.4 Å². The van der Waals surface area contributed by atoms with Crippen LogP contribution in [0, 0.1) is 40.4 Å². The number of fused-ring (bicyclic) bond motifs is 5. The fourth-order valence-corrected chi connectivity index (χ4v) is 7.77. The molecule has 138 valence electrons. The average Bonchev–Trinajstić information content (AvgIpc) is 2.88. The predicted octanol–water partition coefficient (Wildman–Crippen LogP) is 3.91. The van der Waals surface area contributed by atoms with Crippen LogP contribution in [0.4, 0.5) is 0 Å². The molecule has 4 aliphatic rings. The summed E-state index contributed by atoms with van der Waals surface area (Å²) in [7, 11) is 0. The molecule has 0 amide bonds. The monoisotopic (exact) mass is 343 g/mol. The highest BCUT2D eigenvalue weighted by molar-refractivity contribution is 5.91. The third-order valence-electron chi connectivity index (χ3n) is 8.88. The van der Waals surface area contributed by atoms with Crippen molar-refractivity contribution in [2.45, 2.75) is 65.7 Å². The number of allylic oxidation sites excluding steroid dienone is 1. The summed E-state index contributed by atoms with van der Waals surface area (Å²) in [5.74, 6) is 3.21. The molecule has 0 heterocycles. The Hall–Kier alpha value is -0.960. The molecular weight excluding hydrogens is 310 g/mol.